The molecule has 1 aliphatic carbocycles. The molecule has 3 rings (SSSR count). The number of nitrogens with two attached hydrogens (primary N) is 1. The van der Waals surface area contributed by atoms with Gasteiger partial charge < -0.3 is 5.11 Å². The van der Waals surface area contributed by atoms with Crippen LogP contribution in [-0.2, 0) is 33.1 Å². The van der Waals surface area contributed by atoms with Crippen molar-refractivity contribution in [2.24, 2.45) is 5.14 Å². The summed E-state index contributed by atoms with van der Waals surface area (Å²) in [5.41, 5.74) is 2.40. The first kappa shape index (κ1) is 21.8. The largest absolute Gasteiger partial charge is 0.392 e. The first-order chi connectivity index (χ1) is 13.7. The van der Waals surface area contributed by atoms with Crippen molar-refractivity contribution in [1.82, 2.24) is 0 Å². The van der Waals surface area contributed by atoms with Crippen molar-refractivity contribution >= 4 is 25.7 Å². The van der Waals surface area contributed by atoms with Gasteiger partial charge in [0.05, 0.1) is 18.0 Å². The van der Waals surface area contributed by atoms with Gasteiger partial charge in [0.2, 0.25) is 20.0 Å². The van der Waals surface area contributed by atoms with Crippen LogP contribution >= 0.6 is 0 Å². The van der Waals surface area contributed by atoms with Crippen LogP contribution in [0.4, 0.5) is 5.69 Å². The summed E-state index contributed by atoms with van der Waals surface area (Å²) in [6, 6.07) is 11.9. The van der Waals surface area contributed by atoms with Crippen molar-refractivity contribution in [3.05, 3.63) is 59.2 Å². The van der Waals surface area contributed by atoms with Crippen molar-refractivity contribution in [3.63, 3.8) is 0 Å². The fourth-order valence-electron chi connectivity index (χ4n) is 3.67. The van der Waals surface area contributed by atoms with Gasteiger partial charge in [0.25, 0.3) is 0 Å². The lowest BCUT2D eigenvalue weighted by atomic mass is 9.96. The topological polar surface area (TPSA) is 127 Å². The van der Waals surface area contributed by atoms with Crippen molar-refractivity contribution in [2.75, 3.05) is 10.5 Å². The highest BCUT2D eigenvalue weighted by molar-refractivity contribution is 7.93. The Morgan fingerprint density at radius 2 is 1.59 bits per heavy atom. The molecule has 2 aromatic rings. The smallest absolute Gasteiger partial charge is 0.240 e. The molecular weight excluding hydrogens is 412 g/mol. The van der Waals surface area contributed by atoms with Gasteiger partial charge in [-0.15, -0.1) is 0 Å². The van der Waals surface area contributed by atoms with Crippen LogP contribution in [0.25, 0.3) is 0 Å². The number of aliphatic hydroxyl groups is 1. The Kier molecular flexibility index (Phi) is 6.62. The van der Waals surface area contributed by atoms with Crippen LogP contribution in [0.5, 0.6) is 0 Å². The van der Waals surface area contributed by atoms with Crippen LogP contribution in [0.15, 0.2) is 47.4 Å². The minimum atomic E-state index is -4.16. The third kappa shape index (κ3) is 5.79. The molecule has 0 unspecified atom stereocenters. The number of hydrogen-bond donors (Lipinski definition) is 3. The van der Waals surface area contributed by atoms with Crippen molar-refractivity contribution < 1.29 is 21.9 Å². The summed E-state index contributed by atoms with van der Waals surface area (Å²) in [6.07, 6.45) is 5.24. The molecule has 0 amide bonds. The summed E-state index contributed by atoms with van der Waals surface area (Å²) in [5.74, 6) is 0.412. The lowest BCUT2D eigenvalue weighted by Crippen LogP contribution is -2.21. The normalized spacial score (nSPS) is 15.5. The molecule has 1 fully saturated rings. The summed E-state index contributed by atoms with van der Waals surface area (Å²) >= 11 is 0. The second kappa shape index (κ2) is 8.83. The number of aliphatic hydroxyl groups excluding tert-OH is 1. The molecular formula is C20H26N2O5S2. The van der Waals surface area contributed by atoms with E-state index in [1.807, 2.05) is 12.1 Å². The van der Waals surface area contributed by atoms with Crippen molar-refractivity contribution in [3.8, 4) is 0 Å². The molecule has 9 heteroatoms. The highest BCUT2D eigenvalue weighted by Gasteiger charge is 2.20. The third-order valence-corrected chi connectivity index (χ3v) is 7.49. The number of hydrogen-bond acceptors (Lipinski definition) is 5. The lowest BCUT2D eigenvalue weighted by molar-refractivity contribution is 0.281. The fraction of sp³-hybridized carbons (Fsp3) is 0.400. The number of anilines is 1. The summed E-state index contributed by atoms with van der Waals surface area (Å²) < 4.78 is 50.9. The Balaban J connectivity index is 1.69. The SMILES string of the molecule is NS(=O)(=O)c1cc(CO)ccc1NS(=O)(=O)CCc1ccc(C2CCCC2)cc1. The molecule has 0 aliphatic heterocycles. The molecule has 29 heavy (non-hydrogen) atoms. The first-order valence-electron chi connectivity index (χ1n) is 9.54. The Morgan fingerprint density at radius 3 is 2.17 bits per heavy atom. The van der Waals surface area contributed by atoms with E-state index in [9.17, 15) is 21.9 Å². The molecule has 7 nitrogen and oxygen atoms in total. The van der Waals surface area contributed by atoms with Gasteiger partial charge in [0.15, 0.2) is 0 Å². The molecule has 0 aromatic heterocycles. The van der Waals surface area contributed by atoms with E-state index in [0.29, 0.717) is 17.9 Å². The number of sulfonamides is 2. The maximum Gasteiger partial charge on any atom is 0.240 e. The lowest BCUT2D eigenvalue weighted by Gasteiger charge is -2.13. The third-order valence-electron chi connectivity index (χ3n) is 5.27. The van der Waals surface area contributed by atoms with Crippen LogP contribution in [0, 0.1) is 0 Å². The van der Waals surface area contributed by atoms with Gasteiger partial charge >= 0.3 is 0 Å². The summed E-state index contributed by atoms with van der Waals surface area (Å²) in [4.78, 5) is -0.367. The minimum absolute atomic E-state index is 0.124. The van der Waals surface area contributed by atoms with Crippen LogP contribution in [0.2, 0.25) is 0 Å². The van der Waals surface area contributed by atoms with Crippen molar-refractivity contribution in [1.29, 1.82) is 0 Å². The Labute approximate surface area is 172 Å². The summed E-state index contributed by atoms with van der Waals surface area (Å²) in [7, 11) is -7.95. The molecule has 4 N–H and O–H groups in total. The Hall–Kier alpha value is -1.94. The van der Waals surface area contributed by atoms with Gasteiger partial charge in [-0.25, -0.2) is 22.0 Å². The number of rotatable bonds is 8. The van der Waals surface area contributed by atoms with Gasteiger partial charge in [-0.1, -0.05) is 43.2 Å². The van der Waals surface area contributed by atoms with E-state index < -0.39 is 20.0 Å². The maximum atomic E-state index is 12.5. The Morgan fingerprint density at radius 1 is 0.966 bits per heavy atom. The van der Waals surface area contributed by atoms with E-state index in [4.69, 9.17) is 5.14 Å². The van der Waals surface area contributed by atoms with E-state index in [-0.39, 0.29) is 22.9 Å². The predicted octanol–water partition coefficient (Wildman–Crippen LogP) is 2.47. The summed E-state index contributed by atoms with van der Waals surface area (Å²) in [6.45, 7) is -0.383. The zero-order chi connectivity index (χ0) is 21.1. The van der Waals surface area contributed by atoms with E-state index in [1.165, 1.54) is 43.4 Å². The molecule has 1 saturated carbocycles. The van der Waals surface area contributed by atoms with E-state index in [1.54, 1.807) is 0 Å². The van der Waals surface area contributed by atoms with E-state index in [0.717, 1.165) is 11.6 Å². The fourth-order valence-corrected chi connectivity index (χ4v) is 5.60. The van der Waals surface area contributed by atoms with Crippen LogP contribution in [0.3, 0.4) is 0 Å². The summed E-state index contributed by atoms with van der Waals surface area (Å²) in [5, 5.41) is 14.4. The molecule has 0 atom stereocenters. The molecule has 0 saturated heterocycles. The van der Waals surface area contributed by atoms with E-state index >= 15 is 0 Å². The second-order valence-electron chi connectivity index (χ2n) is 7.43. The molecule has 0 radical (unpaired) electrons. The number of primary sulfonamides is 1. The molecule has 2 aromatic carbocycles. The minimum Gasteiger partial charge on any atom is -0.392 e. The number of aryl methyl sites for hydroxylation is 1. The second-order valence-corrected chi connectivity index (χ2v) is 10.8. The van der Waals surface area contributed by atoms with Crippen LogP contribution in [-0.4, -0.2) is 27.7 Å². The van der Waals surface area contributed by atoms with Gasteiger partial charge in [0, 0.05) is 0 Å². The molecule has 0 bridgehead atoms. The van der Waals surface area contributed by atoms with Crippen LogP contribution < -0.4 is 9.86 Å². The molecule has 0 heterocycles. The average molecular weight is 439 g/mol. The predicted molar refractivity (Wildman–Crippen MR) is 113 cm³/mol. The molecule has 158 valence electrons. The highest BCUT2D eigenvalue weighted by atomic mass is 32.2. The van der Waals surface area contributed by atoms with Crippen molar-refractivity contribution in [2.45, 2.75) is 49.5 Å². The Bertz CT molecular complexity index is 1060. The standard InChI is InChI=1S/C20H26N2O5S2/c21-29(26,27)20-13-16(14-23)7-10-19(20)22-28(24,25)12-11-15-5-8-18(9-6-15)17-3-1-2-4-17/h5-10,13,17,22-23H,1-4,11-12,14H2,(H2,21,26,27). The highest BCUT2D eigenvalue weighted by Crippen LogP contribution is 2.34. The molecule has 1 aliphatic rings. The number of benzene rings is 2. The monoisotopic (exact) mass is 438 g/mol. The van der Waals surface area contributed by atoms with Gasteiger partial charge in [-0.05, 0) is 54.0 Å². The average Bonchev–Trinajstić information content (AvgIpc) is 3.21. The zero-order valence-electron chi connectivity index (χ0n) is 16.0. The maximum absolute atomic E-state index is 12.5. The van der Waals surface area contributed by atoms with Gasteiger partial charge in [-0.2, -0.15) is 0 Å². The van der Waals surface area contributed by atoms with Gasteiger partial charge in [-0.3, -0.25) is 4.72 Å². The van der Waals surface area contributed by atoms with Crippen LogP contribution in [0.1, 0.15) is 48.3 Å². The van der Waals surface area contributed by atoms with E-state index in [2.05, 4.69) is 16.9 Å². The quantitative estimate of drug-likeness (QED) is 0.583. The first-order valence-corrected chi connectivity index (χ1v) is 12.7. The number of nitrogens with one attached hydrogen (secondary N) is 1. The van der Waals surface area contributed by atoms with Gasteiger partial charge in [0.1, 0.15) is 4.90 Å². The molecule has 0 spiro atoms. The zero-order valence-corrected chi connectivity index (χ0v) is 17.7.